The molecule has 2 heterocycles. The Morgan fingerprint density at radius 1 is 1.22 bits per heavy atom. The van der Waals surface area contributed by atoms with Gasteiger partial charge < -0.3 is 10.2 Å². The molecule has 2 rings (SSSR count). The lowest BCUT2D eigenvalue weighted by Gasteiger charge is -2.33. The minimum atomic E-state index is -3.35. The molecule has 1 aliphatic rings. The van der Waals surface area contributed by atoms with Crippen LogP contribution in [0.25, 0.3) is 0 Å². The standard InChI is InChI=1S/C14H23N5O3S/c1-2-4-13(20)15-7-12-23(21,22)19-10-8-18(9-11-19)14-16-5-3-6-17-14/h3,5-6H,2,4,7-12H2,1H3,(H,15,20). The zero-order valence-corrected chi connectivity index (χ0v) is 14.1. The predicted octanol–water partition coefficient (Wildman–Crippen LogP) is -0.155. The van der Waals surface area contributed by atoms with Gasteiger partial charge in [-0.3, -0.25) is 4.79 Å². The Morgan fingerprint density at radius 2 is 1.87 bits per heavy atom. The summed E-state index contributed by atoms with van der Waals surface area (Å²) in [6, 6.07) is 1.75. The Labute approximate surface area is 137 Å². The number of hydrogen-bond acceptors (Lipinski definition) is 6. The molecule has 0 bridgehead atoms. The molecule has 1 aromatic rings. The summed E-state index contributed by atoms with van der Waals surface area (Å²) in [5, 5.41) is 2.64. The Balaban J connectivity index is 1.80. The quantitative estimate of drug-likeness (QED) is 0.741. The van der Waals surface area contributed by atoms with Gasteiger partial charge in [-0.1, -0.05) is 6.92 Å². The van der Waals surface area contributed by atoms with Crippen LogP contribution in [-0.2, 0) is 14.8 Å². The van der Waals surface area contributed by atoms with Crippen LogP contribution in [0.4, 0.5) is 5.95 Å². The summed E-state index contributed by atoms with van der Waals surface area (Å²) in [5.41, 5.74) is 0. The van der Waals surface area contributed by atoms with E-state index in [-0.39, 0.29) is 18.2 Å². The Bertz CT molecular complexity index is 600. The van der Waals surface area contributed by atoms with Crippen molar-refractivity contribution in [3.63, 3.8) is 0 Å². The summed E-state index contributed by atoms with van der Waals surface area (Å²) in [7, 11) is -3.35. The number of nitrogens with zero attached hydrogens (tertiary/aromatic N) is 4. The van der Waals surface area contributed by atoms with Crippen molar-refractivity contribution >= 4 is 21.9 Å². The maximum atomic E-state index is 12.3. The zero-order valence-electron chi connectivity index (χ0n) is 13.3. The third kappa shape index (κ3) is 5.14. The molecular formula is C14H23N5O3S. The molecule has 1 amide bonds. The van der Waals surface area contributed by atoms with E-state index in [0.29, 0.717) is 38.5 Å². The number of carbonyl (C=O) groups excluding carboxylic acids is 1. The monoisotopic (exact) mass is 341 g/mol. The smallest absolute Gasteiger partial charge is 0.225 e. The number of carbonyl (C=O) groups is 1. The molecule has 0 radical (unpaired) electrons. The van der Waals surface area contributed by atoms with E-state index >= 15 is 0 Å². The first kappa shape index (κ1) is 17.6. The molecule has 0 aromatic carbocycles. The largest absolute Gasteiger partial charge is 0.355 e. The highest BCUT2D eigenvalue weighted by atomic mass is 32.2. The summed E-state index contributed by atoms with van der Waals surface area (Å²) in [6.07, 6.45) is 4.52. The van der Waals surface area contributed by atoms with Gasteiger partial charge in [-0.15, -0.1) is 0 Å². The lowest BCUT2D eigenvalue weighted by Crippen LogP contribution is -2.50. The first-order valence-corrected chi connectivity index (χ1v) is 9.40. The molecule has 1 aliphatic heterocycles. The molecule has 1 fully saturated rings. The zero-order chi connectivity index (χ0) is 16.7. The van der Waals surface area contributed by atoms with Crippen molar-refractivity contribution in [2.45, 2.75) is 19.8 Å². The molecule has 0 aliphatic carbocycles. The highest BCUT2D eigenvalue weighted by Crippen LogP contribution is 2.12. The van der Waals surface area contributed by atoms with Crippen LogP contribution in [0.1, 0.15) is 19.8 Å². The topological polar surface area (TPSA) is 95.5 Å². The van der Waals surface area contributed by atoms with E-state index in [0.717, 1.165) is 6.42 Å². The first-order chi connectivity index (χ1) is 11.0. The number of amides is 1. The van der Waals surface area contributed by atoms with Crippen LogP contribution >= 0.6 is 0 Å². The summed E-state index contributed by atoms with van der Waals surface area (Å²) in [5.74, 6) is 0.453. The van der Waals surface area contributed by atoms with E-state index in [1.54, 1.807) is 18.5 Å². The number of nitrogens with one attached hydrogen (secondary N) is 1. The van der Waals surface area contributed by atoms with Crippen LogP contribution in [0, 0.1) is 0 Å². The number of hydrogen-bond donors (Lipinski definition) is 1. The summed E-state index contributed by atoms with van der Waals surface area (Å²) in [6.45, 7) is 4.00. The molecule has 0 unspecified atom stereocenters. The summed E-state index contributed by atoms with van der Waals surface area (Å²) >= 11 is 0. The molecule has 9 heteroatoms. The lowest BCUT2D eigenvalue weighted by molar-refractivity contribution is -0.120. The second-order valence-electron chi connectivity index (χ2n) is 5.35. The van der Waals surface area contributed by atoms with E-state index in [9.17, 15) is 13.2 Å². The fourth-order valence-corrected chi connectivity index (χ4v) is 3.72. The Hall–Kier alpha value is -1.74. The van der Waals surface area contributed by atoms with Gasteiger partial charge in [-0.25, -0.2) is 18.4 Å². The average Bonchev–Trinajstić information content (AvgIpc) is 2.56. The van der Waals surface area contributed by atoms with Gasteiger partial charge in [0.15, 0.2) is 0 Å². The van der Waals surface area contributed by atoms with Crippen molar-refractivity contribution in [1.29, 1.82) is 0 Å². The van der Waals surface area contributed by atoms with E-state index in [1.165, 1.54) is 4.31 Å². The van der Waals surface area contributed by atoms with Crippen molar-refractivity contribution in [3.8, 4) is 0 Å². The van der Waals surface area contributed by atoms with Crippen molar-refractivity contribution in [3.05, 3.63) is 18.5 Å². The number of aromatic nitrogens is 2. The molecule has 8 nitrogen and oxygen atoms in total. The highest BCUT2D eigenvalue weighted by molar-refractivity contribution is 7.89. The van der Waals surface area contributed by atoms with E-state index in [2.05, 4.69) is 15.3 Å². The molecule has 1 saturated heterocycles. The van der Waals surface area contributed by atoms with Crippen LogP contribution in [0.2, 0.25) is 0 Å². The third-order valence-corrected chi connectivity index (χ3v) is 5.50. The summed E-state index contributed by atoms with van der Waals surface area (Å²) in [4.78, 5) is 21.7. The fraction of sp³-hybridized carbons (Fsp3) is 0.643. The van der Waals surface area contributed by atoms with Crippen LogP contribution in [0.15, 0.2) is 18.5 Å². The maximum Gasteiger partial charge on any atom is 0.225 e. The molecule has 128 valence electrons. The molecule has 23 heavy (non-hydrogen) atoms. The van der Waals surface area contributed by atoms with Gasteiger partial charge in [-0.2, -0.15) is 4.31 Å². The molecular weight excluding hydrogens is 318 g/mol. The van der Waals surface area contributed by atoms with Crippen molar-refractivity contribution < 1.29 is 13.2 Å². The minimum absolute atomic E-state index is 0.0652. The van der Waals surface area contributed by atoms with Gasteiger partial charge >= 0.3 is 0 Å². The Kier molecular flexibility index (Phi) is 6.28. The van der Waals surface area contributed by atoms with Gasteiger partial charge in [0.2, 0.25) is 21.9 Å². The highest BCUT2D eigenvalue weighted by Gasteiger charge is 2.27. The van der Waals surface area contributed by atoms with Crippen LogP contribution in [0.5, 0.6) is 0 Å². The second kappa shape index (κ2) is 8.21. The van der Waals surface area contributed by atoms with Gasteiger partial charge in [-0.05, 0) is 12.5 Å². The number of rotatable bonds is 7. The SMILES string of the molecule is CCCC(=O)NCCS(=O)(=O)N1CCN(c2ncccn2)CC1. The minimum Gasteiger partial charge on any atom is -0.355 e. The van der Waals surface area contributed by atoms with Crippen LogP contribution < -0.4 is 10.2 Å². The first-order valence-electron chi connectivity index (χ1n) is 7.79. The van der Waals surface area contributed by atoms with Gasteiger partial charge in [0.25, 0.3) is 0 Å². The van der Waals surface area contributed by atoms with Gasteiger partial charge in [0.05, 0.1) is 5.75 Å². The lowest BCUT2D eigenvalue weighted by atomic mass is 10.3. The third-order valence-electron chi connectivity index (χ3n) is 3.63. The van der Waals surface area contributed by atoms with Gasteiger partial charge in [0, 0.05) is 51.5 Å². The van der Waals surface area contributed by atoms with Crippen LogP contribution in [-0.4, -0.2) is 67.1 Å². The number of piperazine rings is 1. The van der Waals surface area contributed by atoms with E-state index in [4.69, 9.17) is 0 Å². The molecule has 1 N–H and O–H groups in total. The molecule has 0 atom stereocenters. The number of anilines is 1. The second-order valence-corrected chi connectivity index (χ2v) is 7.44. The van der Waals surface area contributed by atoms with Gasteiger partial charge in [0.1, 0.15) is 0 Å². The van der Waals surface area contributed by atoms with E-state index < -0.39 is 10.0 Å². The van der Waals surface area contributed by atoms with Crippen molar-refractivity contribution in [2.75, 3.05) is 43.4 Å². The average molecular weight is 341 g/mol. The van der Waals surface area contributed by atoms with E-state index in [1.807, 2.05) is 11.8 Å². The van der Waals surface area contributed by atoms with Crippen LogP contribution in [0.3, 0.4) is 0 Å². The normalized spacial score (nSPS) is 16.3. The number of sulfonamides is 1. The fourth-order valence-electron chi connectivity index (χ4n) is 2.38. The Morgan fingerprint density at radius 3 is 2.48 bits per heavy atom. The van der Waals surface area contributed by atoms with Crippen molar-refractivity contribution in [1.82, 2.24) is 19.6 Å². The summed E-state index contributed by atoms with van der Waals surface area (Å²) < 4.78 is 26.1. The predicted molar refractivity (Wildman–Crippen MR) is 87.5 cm³/mol. The molecule has 0 spiro atoms. The molecule has 0 saturated carbocycles. The maximum absolute atomic E-state index is 12.3. The van der Waals surface area contributed by atoms with Crippen molar-refractivity contribution in [2.24, 2.45) is 0 Å². The molecule has 1 aromatic heterocycles.